The van der Waals surface area contributed by atoms with Crippen molar-refractivity contribution in [1.29, 1.82) is 0 Å². The highest BCUT2D eigenvalue weighted by atomic mass is 16.4. The summed E-state index contributed by atoms with van der Waals surface area (Å²) < 4.78 is 7.54. The van der Waals surface area contributed by atoms with Crippen LogP contribution in [0.3, 0.4) is 0 Å². The van der Waals surface area contributed by atoms with Gasteiger partial charge in [-0.15, -0.1) is 0 Å². The molecule has 0 atom stereocenters. The van der Waals surface area contributed by atoms with E-state index in [2.05, 4.69) is 20.3 Å². The molecule has 20 heavy (non-hydrogen) atoms. The van der Waals surface area contributed by atoms with E-state index >= 15 is 0 Å². The number of benzene rings is 1. The van der Waals surface area contributed by atoms with Crippen LogP contribution in [0.5, 0.6) is 0 Å². The quantitative estimate of drug-likeness (QED) is 0.603. The van der Waals surface area contributed by atoms with E-state index < -0.39 is 0 Å². The molecule has 4 rings (SSSR count). The lowest BCUT2D eigenvalue weighted by molar-refractivity contribution is 0.620. The molecule has 0 bridgehead atoms. The highest BCUT2D eigenvalue weighted by molar-refractivity contribution is 5.79. The van der Waals surface area contributed by atoms with E-state index in [-0.39, 0.29) is 0 Å². The molecule has 3 heterocycles. The number of hydrogen-bond acceptors (Lipinski definition) is 5. The van der Waals surface area contributed by atoms with E-state index in [0.29, 0.717) is 23.2 Å². The number of oxazole rings is 1. The maximum Gasteiger partial charge on any atom is 0.304 e. The number of anilines is 2. The van der Waals surface area contributed by atoms with Gasteiger partial charge in [0.15, 0.2) is 5.58 Å². The second-order valence-corrected chi connectivity index (χ2v) is 4.45. The number of aryl methyl sites for hydroxylation is 1. The number of hydrogen-bond donors (Lipinski definition) is 1. The Hall–Kier alpha value is -2.89. The minimum atomic E-state index is 0.386. The largest absolute Gasteiger partial charge is 0.421 e. The smallest absolute Gasteiger partial charge is 0.304 e. The fourth-order valence-electron chi connectivity index (χ4n) is 2.18. The summed E-state index contributed by atoms with van der Waals surface area (Å²) in [7, 11) is 1.94. The average molecular weight is 265 g/mol. The van der Waals surface area contributed by atoms with Crippen molar-refractivity contribution in [2.75, 3.05) is 5.32 Å². The maximum atomic E-state index is 5.58. The molecular weight excluding hydrogens is 254 g/mol. The second kappa shape index (κ2) is 4.06. The van der Waals surface area contributed by atoms with Crippen LogP contribution in [0, 0.1) is 0 Å². The van der Waals surface area contributed by atoms with Crippen molar-refractivity contribution in [2.45, 2.75) is 0 Å². The molecule has 6 nitrogen and oxygen atoms in total. The van der Waals surface area contributed by atoms with E-state index in [0.717, 1.165) is 11.0 Å². The summed E-state index contributed by atoms with van der Waals surface area (Å²) in [5.41, 5.74) is 3.19. The zero-order valence-electron chi connectivity index (χ0n) is 10.7. The molecule has 6 heteroatoms. The van der Waals surface area contributed by atoms with Crippen molar-refractivity contribution in [3.63, 3.8) is 0 Å². The highest BCUT2D eigenvalue weighted by Gasteiger charge is 2.11. The minimum absolute atomic E-state index is 0.386. The van der Waals surface area contributed by atoms with Gasteiger partial charge in [0, 0.05) is 13.2 Å². The Labute approximate surface area is 114 Å². The van der Waals surface area contributed by atoms with Crippen molar-refractivity contribution >= 4 is 34.2 Å². The van der Waals surface area contributed by atoms with E-state index in [1.807, 2.05) is 48.0 Å². The van der Waals surface area contributed by atoms with Crippen molar-refractivity contribution in [3.05, 3.63) is 42.6 Å². The fourth-order valence-corrected chi connectivity index (χ4v) is 2.18. The summed E-state index contributed by atoms with van der Waals surface area (Å²) in [6.45, 7) is 0. The first-order chi connectivity index (χ1) is 9.81. The fraction of sp³-hybridized carbons (Fsp3) is 0.0714. The zero-order valence-corrected chi connectivity index (χ0v) is 10.7. The summed E-state index contributed by atoms with van der Waals surface area (Å²) in [4.78, 5) is 12.9. The Morgan fingerprint density at radius 2 is 2.00 bits per heavy atom. The standard InChI is InChI=1S/C14H11N5O/c1-19-10-6-3-2-5-9(10)16-13(19)18-14-17-12-11(20-14)7-4-8-15-12/h2-8H,1H3,(H,15,16,17,18). The van der Waals surface area contributed by atoms with Gasteiger partial charge in [0.25, 0.3) is 0 Å². The van der Waals surface area contributed by atoms with Crippen LogP contribution in [0.2, 0.25) is 0 Å². The summed E-state index contributed by atoms with van der Waals surface area (Å²) in [5.74, 6) is 0.678. The number of imidazole rings is 1. The van der Waals surface area contributed by atoms with Gasteiger partial charge in [0.05, 0.1) is 11.0 Å². The number of aromatic nitrogens is 4. The third-order valence-electron chi connectivity index (χ3n) is 3.17. The second-order valence-electron chi connectivity index (χ2n) is 4.45. The first-order valence-corrected chi connectivity index (χ1v) is 6.21. The van der Waals surface area contributed by atoms with Gasteiger partial charge < -0.3 is 8.98 Å². The summed E-state index contributed by atoms with van der Waals surface area (Å²) in [5, 5.41) is 3.09. The summed E-state index contributed by atoms with van der Waals surface area (Å²) in [6, 6.07) is 12.0. The van der Waals surface area contributed by atoms with Crippen LogP contribution < -0.4 is 5.32 Å². The van der Waals surface area contributed by atoms with E-state index in [4.69, 9.17) is 4.42 Å². The van der Waals surface area contributed by atoms with E-state index in [1.54, 1.807) is 6.20 Å². The van der Waals surface area contributed by atoms with Gasteiger partial charge >= 0.3 is 6.01 Å². The SMILES string of the molecule is Cn1c(Nc2nc3ncccc3o2)nc2ccccc21. The molecule has 0 unspecified atom stereocenters. The Bertz CT molecular complexity index is 875. The van der Waals surface area contributed by atoms with Crippen LogP contribution in [-0.4, -0.2) is 19.5 Å². The van der Waals surface area contributed by atoms with Crippen LogP contribution >= 0.6 is 0 Å². The third-order valence-corrected chi connectivity index (χ3v) is 3.17. The van der Waals surface area contributed by atoms with Crippen molar-refractivity contribution in [2.24, 2.45) is 7.05 Å². The molecule has 0 radical (unpaired) electrons. The number of pyridine rings is 1. The van der Waals surface area contributed by atoms with Gasteiger partial charge in [-0.05, 0) is 24.3 Å². The molecular formula is C14H11N5O. The van der Waals surface area contributed by atoms with E-state index in [1.165, 1.54) is 0 Å². The molecule has 1 aromatic carbocycles. The van der Waals surface area contributed by atoms with Crippen molar-refractivity contribution in [1.82, 2.24) is 19.5 Å². The lowest BCUT2D eigenvalue weighted by Gasteiger charge is -2.01. The topological polar surface area (TPSA) is 68.8 Å². The Kier molecular flexibility index (Phi) is 2.23. The molecule has 4 aromatic rings. The molecule has 0 saturated heterocycles. The van der Waals surface area contributed by atoms with Crippen LogP contribution in [0.15, 0.2) is 47.0 Å². The van der Waals surface area contributed by atoms with Crippen LogP contribution in [-0.2, 0) is 7.05 Å². The highest BCUT2D eigenvalue weighted by Crippen LogP contribution is 2.23. The third kappa shape index (κ3) is 1.62. The number of nitrogens with zero attached hydrogens (tertiary/aromatic N) is 4. The van der Waals surface area contributed by atoms with Gasteiger partial charge in [0.1, 0.15) is 0 Å². The molecule has 1 N–H and O–H groups in total. The zero-order chi connectivity index (χ0) is 13.5. The van der Waals surface area contributed by atoms with Crippen molar-refractivity contribution in [3.8, 4) is 0 Å². The molecule has 0 aliphatic carbocycles. The number of fused-ring (bicyclic) bond motifs is 2. The van der Waals surface area contributed by atoms with Gasteiger partial charge in [-0.3, -0.25) is 5.32 Å². The molecule has 0 aliphatic rings. The summed E-state index contributed by atoms with van der Waals surface area (Å²) in [6.07, 6.45) is 1.68. The predicted octanol–water partition coefficient (Wildman–Crippen LogP) is 2.85. The van der Waals surface area contributed by atoms with Gasteiger partial charge in [-0.1, -0.05) is 12.1 Å². The molecule has 0 amide bonds. The lowest BCUT2D eigenvalue weighted by atomic mass is 10.3. The lowest BCUT2D eigenvalue weighted by Crippen LogP contribution is -1.98. The van der Waals surface area contributed by atoms with Crippen LogP contribution in [0.25, 0.3) is 22.3 Å². The van der Waals surface area contributed by atoms with Gasteiger partial charge in [-0.2, -0.15) is 4.98 Å². The maximum absolute atomic E-state index is 5.58. The minimum Gasteiger partial charge on any atom is -0.421 e. The number of para-hydroxylation sites is 2. The molecule has 98 valence electrons. The predicted molar refractivity (Wildman–Crippen MR) is 75.8 cm³/mol. The first-order valence-electron chi connectivity index (χ1n) is 6.21. The van der Waals surface area contributed by atoms with Gasteiger partial charge in [0.2, 0.25) is 11.6 Å². The average Bonchev–Trinajstić information content (AvgIpc) is 3.01. The van der Waals surface area contributed by atoms with Gasteiger partial charge in [-0.25, -0.2) is 9.97 Å². The Morgan fingerprint density at radius 3 is 2.85 bits per heavy atom. The summed E-state index contributed by atoms with van der Waals surface area (Å²) >= 11 is 0. The van der Waals surface area contributed by atoms with E-state index in [9.17, 15) is 0 Å². The Morgan fingerprint density at radius 1 is 1.10 bits per heavy atom. The van der Waals surface area contributed by atoms with Crippen molar-refractivity contribution < 1.29 is 4.42 Å². The molecule has 0 aliphatic heterocycles. The first kappa shape index (κ1) is 11.0. The normalized spacial score (nSPS) is 11.2. The van der Waals surface area contributed by atoms with Crippen LogP contribution in [0.4, 0.5) is 12.0 Å². The monoisotopic (exact) mass is 265 g/mol. The molecule has 0 saturated carbocycles. The molecule has 0 spiro atoms. The van der Waals surface area contributed by atoms with Crippen LogP contribution in [0.1, 0.15) is 0 Å². The number of nitrogens with one attached hydrogen (secondary N) is 1. The molecule has 0 fully saturated rings. The Balaban J connectivity index is 1.78. The molecule has 3 aromatic heterocycles. The number of rotatable bonds is 2.